The van der Waals surface area contributed by atoms with Crippen LogP contribution in [0.5, 0.6) is 5.75 Å². The van der Waals surface area contributed by atoms with Crippen molar-refractivity contribution in [3.8, 4) is 17.2 Å². The minimum atomic E-state index is -0.112. The molecular weight excluding hydrogens is 404 g/mol. The first-order valence-electron chi connectivity index (χ1n) is 11.3. The highest BCUT2D eigenvalue weighted by atomic mass is 16.5. The predicted octanol–water partition coefficient (Wildman–Crippen LogP) is 5.05. The van der Waals surface area contributed by atoms with Gasteiger partial charge in [0, 0.05) is 36.7 Å². The number of aromatic nitrogens is 1. The first-order valence-corrected chi connectivity index (χ1v) is 11.3. The summed E-state index contributed by atoms with van der Waals surface area (Å²) < 4.78 is 17.5. The average Bonchev–Trinajstić information content (AvgIpc) is 3.37. The molecule has 32 heavy (non-hydrogen) atoms. The summed E-state index contributed by atoms with van der Waals surface area (Å²) in [5.74, 6) is 2.15. The molecule has 0 spiro atoms. The maximum absolute atomic E-state index is 13.8. The molecule has 2 aromatic carbocycles. The third-order valence-corrected chi connectivity index (χ3v) is 6.11. The second-order valence-electron chi connectivity index (χ2n) is 8.50. The smallest absolute Gasteiger partial charge is 0.276 e. The van der Waals surface area contributed by atoms with Gasteiger partial charge in [0.2, 0.25) is 5.89 Å². The molecule has 1 aliphatic heterocycles. The summed E-state index contributed by atoms with van der Waals surface area (Å²) in [5.41, 5.74) is 2.27. The van der Waals surface area contributed by atoms with Gasteiger partial charge in [0.05, 0.1) is 13.2 Å². The van der Waals surface area contributed by atoms with Crippen molar-refractivity contribution < 1.29 is 18.7 Å². The molecular formula is C26H28N2O4. The van der Waals surface area contributed by atoms with Crippen LogP contribution in [0.2, 0.25) is 0 Å². The number of para-hydroxylation sites is 1. The number of carbonyl (C=O) groups is 1. The van der Waals surface area contributed by atoms with Gasteiger partial charge in [-0.25, -0.2) is 4.98 Å². The Hall–Kier alpha value is -3.12. The molecule has 0 radical (unpaired) electrons. The van der Waals surface area contributed by atoms with Gasteiger partial charge >= 0.3 is 0 Å². The third kappa shape index (κ3) is 4.41. The first-order chi connectivity index (χ1) is 15.7. The molecule has 2 heterocycles. The van der Waals surface area contributed by atoms with Gasteiger partial charge in [-0.2, -0.15) is 0 Å². The number of methoxy groups -OCH3 is 1. The van der Waals surface area contributed by atoms with Crippen LogP contribution in [0.25, 0.3) is 11.5 Å². The number of carbonyl (C=O) groups excluding carboxylic acids is 1. The lowest BCUT2D eigenvalue weighted by Gasteiger charge is -2.26. The van der Waals surface area contributed by atoms with Crippen LogP contribution in [0.15, 0.2) is 59.0 Å². The Morgan fingerprint density at radius 1 is 1.09 bits per heavy atom. The fourth-order valence-corrected chi connectivity index (χ4v) is 4.25. The van der Waals surface area contributed by atoms with Crippen molar-refractivity contribution in [2.75, 3.05) is 20.3 Å². The molecule has 5 rings (SSSR count). The van der Waals surface area contributed by atoms with Gasteiger partial charge in [-0.05, 0) is 43.9 Å². The number of hydrogen-bond acceptors (Lipinski definition) is 5. The minimum Gasteiger partial charge on any atom is -0.496 e. The molecule has 1 amide bonds. The Kier molecular flexibility index (Phi) is 5.95. The molecule has 6 nitrogen and oxygen atoms in total. The highest BCUT2D eigenvalue weighted by Crippen LogP contribution is 2.43. The van der Waals surface area contributed by atoms with Crippen LogP contribution in [0.1, 0.15) is 53.4 Å². The first kappa shape index (κ1) is 20.8. The molecule has 6 heteroatoms. The topological polar surface area (TPSA) is 64.8 Å². The largest absolute Gasteiger partial charge is 0.496 e. The van der Waals surface area contributed by atoms with Gasteiger partial charge < -0.3 is 18.8 Å². The molecule has 166 valence electrons. The number of rotatable bonds is 8. The summed E-state index contributed by atoms with van der Waals surface area (Å²) in [6.45, 7) is 1.70. The Labute approximate surface area is 188 Å². The summed E-state index contributed by atoms with van der Waals surface area (Å²) in [4.78, 5) is 20.4. The van der Waals surface area contributed by atoms with E-state index < -0.39 is 0 Å². The van der Waals surface area contributed by atoms with Crippen molar-refractivity contribution in [2.45, 2.75) is 44.2 Å². The van der Waals surface area contributed by atoms with E-state index in [0.717, 1.165) is 49.2 Å². The van der Waals surface area contributed by atoms with Crippen LogP contribution in [-0.4, -0.2) is 42.2 Å². The van der Waals surface area contributed by atoms with Crippen molar-refractivity contribution in [1.29, 1.82) is 0 Å². The van der Waals surface area contributed by atoms with Crippen molar-refractivity contribution in [3.05, 3.63) is 71.6 Å². The zero-order valence-electron chi connectivity index (χ0n) is 18.3. The Morgan fingerprint density at radius 3 is 2.59 bits per heavy atom. The molecule has 1 saturated carbocycles. The lowest BCUT2D eigenvalue weighted by Crippen LogP contribution is -2.37. The molecule has 1 aromatic heterocycles. The quantitative estimate of drug-likeness (QED) is 0.498. The van der Waals surface area contributed by atoms with Gasteiger partial charge in [0.15, 0.2) is 5.69 Å². The normalized spacial score (nSPS) is 18.0. The summed E-state index contributed by atoms with van der Waals surface area (Å²) in [5, 5.41) is 0. The van der Waals surface area contributed by atoms with Crippen LogP contribution < -0.4 is 4.74 Å². The summed E-state index contributed by atoms with van der Waals surface area (Å²) in [6.07, 6.45) is 4.08. The molecule has 0 N–H and O–H groups in total. The molecule has 1 atom stereocenters. The summed E-state index contributed by atoms with van der Waals surface area (Å²) in [6, 6.07) is 17.6. The van der Waals surface area contributed by atoms with E-state index in [9.17, 15) is 4.79 Å². The van der Waals surface area contributed by atoms with Crippen LogP contribution >= 0.6 is 0 Å². The molecule has 3 aromatic rings. The van der Waals surface area contributed by atoms with E-state index >= 15 is 0 Å². The number of benzene rings is 2. The molecule has 0 bridgehead atoms. The maximum atomic E-state index is 13.8. The Bertz CT molecular complexity index is 1070. The van der Waals surface area contributed by atoms with Crippen molar-refractivity contribution in [2.24, 2.45) is 0 Å². The number of nitrogens with zero attached hydrogens (tertiary/aromatic N) is 2. The van der Waals surface area contributed by atoms with Crippen molar-refractivity contribution >= 4 is 5.91 Å². The minimum absolute atomic E-state index is 0.0403. The second kappa shape index (κ2) is 9.17. The van der Waals surface area contributed by atoms with E-state index in [1.165, 1.54) is 0 Å². The van der Waals surface area contributed by atoms with E-state index in [1.807, 2.05) is 59.5 Å². The molecule has 1 unspecified atom stereocenters. The predicted molar refractivity (Wildman–Crippen MR) is 121 cm³/mol. The van der Waals surface area contributed by atoms with Crippen molar-refractivity contribution in [1.82, 2.24) is 9.88 Å². The Balaban J connectivity index is 1.48. The SMILES string of the molecule is COc1ccccc1CN(CC1CCCO1)C(=O)c1nc(-c2ccccc2)oc1C1CC1. The molecule has 2 fully saturated rings. The van der Waals surface area contributed by atoms with Crippen LogP contribution in [0.3, 0.4) is 0 Å². The lowest BCUT2D eigenvalue weighted by molar-refractivity contribution is 0.0500. The molecule has 2 aliphatic rings. The Morgan fingerprint density at radius 2 is 1.88 bits per heavy atom. The van der Waals surface area contributed by atoms with E-state index in [2.05, 4.69) is 0 Å². The van der Waals surface area contributed by atoms with Gasteiger partial charge in [-0.1, -0.05) is 36.4 Å². The van der Waals surface area contributed by atoms with Gasteiger partial charge in [0.25, 0.3) is 5.91 Å². The lowest BCUT2D eigenvalue weighted by atomic mass is 10.1. The fraction of sp³-hybridized carbons (Fsp3) is 0.385. The third-order valence-electron chi connectivity index (χ3n) is 6.11. The van der Waals surface area contributed by atoms with Gasteiger partial charge in [-0.3, -0.25) is 4.79 Å². The fourth-order valence-electron chi connectivity index (χ4n) is 4.25. The standard InChI is InChI=1S/C26H28N2O4/c1-30-22-12-6-5-10-20(22)16-28(17-21-11-7-15-31-21)26(29)23-24(18-13-14-18)32-25(27-23)19-8-3-2-4-9-19/h2-6,8-10,12,18,21H,7,11,13-17H2,1H3. The van der Waals surface area contributed by atoms with E-state index in [4.69, 9.17) is 18.9 Å². The second-order valence-corrected chi connectivity index (χ2v) is 8.50. The zero-order chi connectivity index (χ0) is 21.9. The number of hydrogen-bond donors (Lipinski definition) is 0. The van der Waals surface area contributed by atoms with Crippen LogP contribution in [0.4, 0.5) is 0 Å². The summed E-state index contributed by atoms with van der Waals surface area (Å²) in [7, 11) is 1.65. The van der Waals surface area contributed by atoms with Crippen LogP contribution in [0, 0.1) is 0 Å². The monoisotopic (exact) mass is 432 g/mol. The molecule has 1 aliphatic carbocycles. The van der Waals surface area contributed by atoms with Gasteiger partial charge in [-0.15, -0.1) is 0 Å². The van der Waals surface area contributed by atoms with E-state index in [0.29, 0.717) is 30.4 Å². The zero-order valence-corrected chi connectivity index (χ0v) is 18.3. The number of ether oxygens (including phenoxy) is 2. The average molecular weight is 433 g/mol. The number of oxazole rings is 1. The summed E-state index contributed by atoms with van der Waals surface area (Å²) >= 11 is 0. The molecule has 1 saturated heterocycles. The highest BCUT2D eigenvalue weighted by Gasteiger charge is 2.36. The van der Waals surface area contributed by atoms with E-state index in [1.54, 1.807) is 7.11 Å². The van der Waals surface area contributed by atoms with Crippen LogP contribution in [-0.2, 0) is 11.3 Å². The van der Waals surface area contributed by atoms with Gasteiger partial charge in [0.1, 0.15) is 11.5 Å². The van der Waals surface area contributed by atoms with E-state index in [-0.39, 0.29) is 17.9 Å². The maximum Gasteiger partial charge on any atom is 0.276 e. The van der Waals surface area contributed by atoms with Crippen molar-refractivity contribution in [3.63, 3.8) is 0 Å². The highest BCUT2D eigenvalue weighted by molar-refractivity contribution is 5.94. The number of amides is 1.